The fraction of sp³-hybridized carbons (Fsp3) is 1.00. The summed E-state index contributed by atoms with van der Waals surface area (Å²) >= 11 is 0. The van der Waals surface area contributed by atoms with E-state index in [2.05, 4.69) is 22.0 Å². The molecule has 0 bridgehead atoms. The lowest BCUT2D eigenvalue weighted by Gasteiger charge is -2.39. The normalized spacial score (nSPS) is 28.9. The minimum absolute atomic E-state index is 0.804. The van der Waals surface area contributed by atoms with Crippen LogP contribution < -0.4 is 5.32 Å². The monoisotopic (exact) mass is 265 g/mol. The molecule has 0 spiro atoms. The van der Waals surface area contributed by atoms with Gasteiger partial charge in [-0.05, 0) is 38.1 Å². The molecule has 1 unspecified atom stereocenters. The molecule has 1 aliphatic heterocycles. The van der Waals surface area contributed by atoms with Gasteiger partial charge < -0.3 is 10.2 Å². The van der Waals surface area contributed by atoms with Crippen LogP contribution in [0.3, 0.4) is 0 Å². The second kappa shape index (κ2) is 6.55. The zero-order chi connectivity index (χ0) is 13.1. The van der Waals surface area contributed by atoms with Crippen LogP contribution in [0.2, 0.25) is 0 Å². The molecule has 3 rings (SSSR count). The quantitative estimate of drug-likeness (QED) is 0.792. The average Bonchev–Trinajstić information content (AvgIpc) is 3.10. The Labute approximate surface area is 118 Å². The van der Waals surface area contributed by atoms with Crippen LogP contribution in [0.15, 0.2) is 0 Å². The van der Waals surface area contributed by atoms with E-state index in [1.165, 1.54) is 77.8 Å². The van der Waals surface area contributed by atoms with E-state index >= 15 is 0 Å². The molecule has 0 aromatic carbocycles. The van der Waals surface area contributed by atoms with Gasteiger partial charge in [0.25, 0.3) is 0 Å². The maximum absolute atomic E-state index is 3.66. The van der Waals surface area contributed by atoms with Gasteiger partial charge in [-0.1, -0.05) is 19.8 Å². The van der Waals surface area contributed by atoms with Gasteiger partial charge in [-0.25, -0.2) is 0 Å². The van der Waals surface area contributed by atoms with Crippen molar-refractivity contribution >= 4 is 0 Å². The summed E-state index contributed by atoms with van der Waals surface area (Å²) in [4.78, 5) is 5.45. The lowest BCUT2D eigenvalue weighted by atomic mass is 10.1. The summed E-state index contributed by atoms with van der Waals surface area (Å²) in [6, 6.07) is 1.79. The summed E-state index contributed by atoms with van der Waals surface area (Å²) in [6.45, 7) is 10.1. The van der Waals surface area contributed by atoms with Crippen molar-refractivity contribution in [2.75, 3.05) is 39.3 Å². The first kappa shape index (κ1) is 13.8. The van der Waals surface area contributed by atoms with Crippen LogP contribution in [0.1, 0.15) is 45.4 Å². The van der Waals surface area contributed by atoms with Crippen LogP contribution in [-0.4, -0.2) is 61.2 Å². The molecule has 0 aromatic heterocycles. The van der Waals surface area contributed by atoms with E-state index in [1.807, 2.05) is 0 Å². The minimum Gasteiger partial charge on any atom is -0.314 e. The Morgan fingerprint density at radius 1 is 1.00 bits per heavy atom. The Morgan fingerprint density at radius 2 is 1.68 bits per heavy atom. The van der Waals surface area contributed by atoms with Gasteiger partial charge in [-0.15, -0.1) is 0 Å². The Bertz CT molecular complexity index is 263. The van der Waals surface area contributed by atoms with E-state index in [1.54, 1.807) is 0 Å². The van der Waals surface area contributed by atoms with Gasteiger partial charge in [-0.3, -0.25) is 4.90 Å². The third-order valence-electron chi connectivity index (χ3n) is 5.15. The molecule has 3 fully saturated rings. The number of nitrogens with one attached hydrogen (secondary N) is 1. The molecule has 1 atom stereocenters. The van der Waals surface area contributed by atoms with Crippen molar-refractivity contribution in [1.82, 2.24) is 15.1 Å². The van der Waals surface area contributed by atoms with Gasteiger partial charge in [0.2, 0.25) is 0 Å². The third-order valence-corrected chi connectivity index (χ3v) is 5.15. The number of piperazine rings is 1. The van der Waals surface area contributed by atoms with Crippen LogP contribution in [0.25, 0.3) is 0 Å². The molecule has 2 saturated carbocycles. The summed E-state index contributed by atoms with van der Waals surface area (Å²) in [6.07, 6.45) is 8.67. The van der Waals surface area contributed by atoms with Crippen molar-refractivity contribution in [3.8, 4) is 0 Å². The first-order valence-corrected chi connectivity index (χ1v) is 8.51. The maximum Gasteiger partial charge on any atom is 0.0113 e. The second-order valence-electron chi connectivity index (χ2n) is 7.06. The van der Waals surface area contributed by atoms with E-state index in [-0.39, 0.29) is 0 Å². The SMILES string of the molecule is CC(CNC1CC1)CN1CCN(C2CCCC2)CC1. The fourth-order valence-corrected chi connectivity index (χ4v) is 3.74. The van der Waals surface area contributed by atoms with Gasteiger partial charge in [-0.2, -0.15) is 0 Å². The largest absolute Gasteiger partial charge is 0.314 e. The Hall–Kier alpha value is -0.120. The highest BCUT2D eigenvalue weighted by Gasteiger charge is 2.27. The van der Waals surface area contributed by atoms with Gasteiger partial charge in [0.1, 0.15) is 0 Å². The molecule has 1 heterocycles. The molecular weight excluding hydrogens is 234 g/mol. The van der Waals surface area contributed by atoms with Gasteiger partial charge in [0.05, 0.1) is 0 Å². The Balaban J connectivity index is 1.32. The van der Waals surface area contributed by atoms with Crippen LogP contribution in [0.5, 0.6) is 0 Å². The smallest absolute Gasteiger partial charge is 0.0113 e. The summed E-state index contributed by atoms with van der Waals surface area (Å²) in [5.41, 5.74) is 0. The molecule has 1 N–H and O–H groups in total. The maximum atomic E-state index is 3.66. The highest BCUT2D eigenvalue weighted by molar-refractivity contribution is 4.84. The zero-order valence-corrected chi connectivity index (χ0v) is 12.6. The van der Waals surface area contributed by atoms with Gasteiger partial charge in [0, 0.05) is 44.8 Å². The molecule has 3 aliphatic rings. The zero-order valence-electron chi connectivity index (χ0n) is 12.6. The van der Waals surface area contributed by atoms with Crippen molar-refractivity contribution in [2.45, 2.75) is 57.5 Å². The lowest BCUT2D eigenvalue weighted by Crippen LogP contribution is -2.51. The molecule has 0 aromatic rings. The summed E-state index contributed by atoms with van der Waals surface area (Å²) in [7, 11) is 0. The molecule has 110 valence electrons. The van der Waals surface area contributed by atoms with Gasteiger partial charge in [0.15, 0.2) is 0 Å². The van der Waals surface area contributed by atoms with Crippen molar-refractivity contribution < 1.29 is 0 Å². The van der Waals surface area contributed by atoms with Crippen LogP contribution in [0, 0.1) is 5.92 Å². The van der Waals surface area contributed by atoms with Crippen molar-refractivity contribution in [3.05, 3.63) is 0 Å². The van der Waals surface area contributed by atoms with E-state index < -0.39 is 0 Å². The Morgan fingerprint density at radius 3 is 2.32 bits per heavy atom. The van der Waals surface area contributed by atoms with Gasteiger partial charge >= 0.3 is 0 Å². The highest BCUT2D eigenvalue weighted by Crippen LogP contribution is 2.24. The number of nitrogens with zero attached hydrogens (tertiary/aromatic N) is 2. The van der Waals surface area contributed by atoms with E-state index in [9.17, 15) is 0 Å². The average molecular weight is 265 g/mol. The molecule has 0 radical (unpaired) electrons. The first-order chi connectivity index (χ1) is 9.31. The predicted octanol–water partition coefficient (Wildman–Crippen LogP) is 1.93. The first-order valence-electron chi connectivity index (χ1n) is 8.51. The summed E-state index contributed by atoms with van der Waals surface area (Å²) in [5.74, 6) is 0.804. The second-order valence-corrected chi connectivity index (χ2v) is 7.06. The minimum atomic E-state index is 0.804. The van der Waals surface area contributed by atoms with E-state index in [0.717, 1.165) is 18.0 Å². The topological polar surface area (TPSA) is 18.5 Å². The molecular formula is C16H31N3. The number of hydrogen-bond acceptors (Lipinski definition) is 3. The standard InChI is InChI=1S/C16H31N3/c1-14(12-17-15-6-7-15)13-18-8-10-19(11-9-18)16-4-2-3-5-16/h14-17H,2-13H2,1H3. The highest BCUT2D eigenvalue weighted by atomic mass is 15.3. The molecule has 19 heavy (non-hydrogen) atoms. The van der Waals surface area contributed by atoms with Crippen LogP contribution in [0.4, 0.5) is 0 Å². The number of hydrogen-bond donors (Lipinski definition) is 1. The van der Waals surface area contributed by atoms with Crippen LogP contribution >= 0.6 is 0 Å². The molecule has 3 heteroatoms. The number of rotatable bonds is 6. The van der Waals surface area contributed by atoms with E-state index in [0.29, 0.717) is 0 Å². The van der Waals surface area contributed by atoms with Crippen LogP contribution in [-0.2, 0) is 0 Å². The van der Waals surface area contributed by atoms with Crippen molar-refractivity contribution in [3.63, 3.8) is 0 Å². The Kier molecular flexibility index (Phi) is 4.78. The predicted molar refractivity (Wildman–Crippen MR) is 80.5 cm³/mol. The molecule has 0 amide bonds. The third kappa shape index (κ3) is 4.17. The summed E-state index contributed by atoms with van der Waals surface area (Å²) < 4.78 is 0. The van der Waals surface area contributed by atoms with Crippen molar-refractivity contribution in [2.24, 2.45) is 5.92 Å². The van der Waals surface area contributed by atoms with Crippen molar-refractivity contribution in [1.29, 1.82) is 0 Å². The summed E-state index contributed by atoms with van der Waals surface area (Å²) in [5, 5.41) is 3.66. The molecule has 3 nitrogen and oxygen atoms in total. The fourth-order valence-electron chi connectivity index (χ4n) is 3.74. The lowest BCUT2D eigenvalue weighted by molar-refractivity contribution is 0.0891. The van der Waals surface area contributed by atoms with E-state index in [4.69, 9.17) is 0 Å². The molecule has 2 aliphatic carbocycles. The molecule has 1 saturated heterocycles.